The van der Waals surface area contributed by atoms with E-state index in [-0.39, 0.29) is 6.03 Å². The fourth-order valence-corrected chi connectivity index (χ4v) is 1.63. The molecule has 0 fully saturated rings. The molecular weight excluding hydrogens is 212 g/mol. The number of benzene rings is 1. The van der Waals surface area contributed by atoms with E-state index in [1.165, 1.54) is 19.3 Å². The molecule has 94 valence electrons. The molecule has 0 aliphatic heterocycles. The van der Waals surface area contributed by atoms with Gasteiger partial charge in [-0.15, -0.1) is 0 Å². The van der Waals surface area contributed by atoms with E-state index in [1.54, 1.807) is 0 Å². The summed E-state index contributed by atoms with van der Waals surface area (Å²) in [6, 6.07) is 7.66. The van der Waals surface area contributed by atoms with Crippen LogP contribution in [0.5, 0.6) is 0 Å². The molecule has 3 nitrogen and oxygen atoms in total. The Hall–Kier alpha value is -1.51. The molecule has 0 aliphatic carbocycles. The summed E-state index contributed by atoms with van der Waals surface area (Å²) in [6.07, 6.45) is 4.69. The van der Waals surface area contributed by atoms with Gasteiger partial charge in [0.05, 0.1) is 0 Å². The van der Waals surface area contributed by atoms with E-state index in [4.69, 9.17) is 0 Å². The summed E-state index contributed by atoms with van der Waals surface area (Å²) in [5.41, 5.74) is 1.95. The van der Waals surface area contributed by atoms with Crippen LogP contribution < -0.4 is 10.6 Å². The second-order valence-electron chi connectivity index (χ2n) is 4.26. The van der Waals surface area contributed by atoms with Crippen LogP contribution in [0.2, 0.25) is 0 Å². The number of unbranched alkanes of at least 4 members (excludes halogenated alkanes) is 3. The summed E-state index contributed by atoms with van der Waals surface area (Å²) in [4.78, 5) is 11.6. The van der Waals surface area contributed by atoms with Crippen LogP contribution in [0, 0.1) is 6.92 Å². The van der Waals surface area contributed by atoms with Gasteiger partial charge in [-0.05, 0) is 25.0 Å². The van der Waals surface area contributed by atoms with E-state index in [9.17, 15) is 4.79 Å². The van der Waals surface area contributed by atoms with E-state index in [0.717, 1.165) is 24.2 Å². The topological polar surface area (TPSA) is 41.1 Å². The normalized spacial score (nSPS) is 10.0. The van der Waals surface area contributed by atoms with Crippen molar-refractivity contribution in [3.63, 3.8) is 0 Å². The Morgan fingerprint density at radius 2 is 1.94 bits per heavy atom. The molecule has 2 N–H and O–H groups in total. The lowest BCUT2D eigenvalue weighted by molar-refractivity contribution is 0.252. The predicted molar refractivity (Wildman–Crippen MR) is 72.3 cm³/mol. The molecule has 0 heterocycles. The van der Waals surface area contributed by atoms with Crippen LogP contribution in [0.25, 0.3) is 0 Å². The van der Waals surface area contributed by atoms with Crippen molar-refractivity contribution in [3.05, 3.63) is 29.8 Å². The number of anilines is 1. The number of para-hydroxylation sites is 1. The number of nitrogens with one attached hydrogen (secondary N) is 2. The van der Waals surface area contributed by atoms with Crippen LogP contribution in [0.3, 0.4) is 0 Å². The number of amides is 2. The standard InChI is InChI=1S/C14H22N2O/c1-3-4-5-8-11-15-14(17)16-13-10-7-6-9-12(13)2/h6-7,9-10H,3-5,8,11H2,1-2H3,(H2,15,16,17). The van der Waals surface area contributed by atoms with Gasteiger partial charge in [0.25, 0.3) is 0 Å². The van der Waals surface area contributed by atoms with Gasteiger partial charge in [-0.3, -0.25) is 0 Å². The first-order chi connectivity index (χ1) is 8.24. The third-order valence-corrected chi connectivity index (χ3v) is 2.71. The Morgan fingerprint density at radius 3 is 2.65 bits per heavy atom. The molecule has 0 saturated carbocycles. The van der Waals surface area contributed by atoms with Crippen molar-refractivity contribution < 1.29 is 4.79 Å². The maximum Gasteiger partial charge on any atom is 0.319 e. The molecule has 0 aromatic heterocycles. The molecule has 0 spiro atoms. The summed E-state index contributed by atoms with van der Waals surface area (Å²) in [7, 11) is 0. The SMILES string of the molecule is CCCCCCNC(=O)Nc1ccccc1C. The lowest BCUT2D eigenvalue weighted by Crippen LogP contribution is -2.29. The highest BCUT2D eigenvalue weighted by molar-refractivity contribution is 5.89. The van der Waals surface area contributed by atoms with E-state index in [2.05, 4.69) is 17.6 Å². The Bertz CT molecular complexity index is 350. The van der Waals surface area contributed by atoms with Gasteiger partial charge < -0.3 is 10.6 Å². The van der Waals surface area contributed by atoms with Crippen molar-refractivity contribution >= 4 is 11.7 Å². The molecule has 0 bridgehead atoms. The molecule has 1 rings (SSSR count). The van der Waals surface area contributed by atoms with Gasteiger partial charge in [0.2, 0.25) is 0 Å². The minimum atomic E-state index is -0.115. The zero-order chi connectivity index (χ0) is 12.5. The third kappa shape index (κ3) is 5.38. The highest BCUT2D eigenvalue weighted by Crippen LogP contribution is 2.12. The fourth-order valence-electron chi connectivity index (χ4n) is 1.63. The van der Waals surface area contributed by atoms with Gasteiger partial charge in [0.15, 0.2) is 0 Å². The lowest BCUT2D eigenvalue weighted by Gasteiger charge is -2.09. The van der Waals surface area contributed by atoms with Crippen molar-refractivity contribution in [1.29, 1.82) is 0 Å². The first-order valence-corrected chi connectivity index (χ1v) is 6.34. The van der Waals surface area contributed by atoms with Gasteiger partial charge in [-0.1, -0.05) is 44.4 Å². The first kappa shape index (κ1) is 13.6. The zero-order valence-corrected chi connectivity index (χ0v) is 10.8. The largest absolute Gasteiger partial charge is 0.338 e. The summed E-state index contributed by atoms with van der Waals surface area (Å²) >= 11 is 0. The molecule has 1 aromatic rings. The second kappa shape index (κ2) is 7.71. The van der Waals surface area contributed by atoms with Crippen LogP contribution in [-0.2, 0) is 0 Å². The van der Waals surface area contributed by atoms with Gasteiger partial charge in [0.1, 0.15) is 0 Å². The van der Waals surface area contributed by atoms with Crippen LogP contribution in [0.4, 0.5) is 10.5 Å². The zero-order valence-electron chi connectivity index (χ0n) is 10.8. The number of rotatable bonds is 6. The van der Waals surface area contributed by atoms with E-state index in [0.29, 0.717) is 0 Å². The molecule has 0 atom stereocenters. The maximum atomic E-state index is 11.6. The molecule has 0 radical (unpaired) electrons. The Balaban J connectivity index is 2.23. The number of urea groups is 1. The Morgan fingerprint density at radius 1 is 1.18 bits per heavy atom. The maximum absolute atomic E-state index is 11.6. The number of hydrogen-bond donors (Lipinski definition) is 2. The minimum absolute atomic E-state index is 0.115. The Kier molecular flexibility index (Phi) is 6.15. The summed E-state index contributed by atoms with van der Waals surface area (Å²) in [5, 5.41) is 5.72. The van der Waals surface area contributed by atoms with Crippen molar-refractivity contribution in [3.8, 4) is 0 Å². The van der Waals surface area contributed by atoms with E-state index < -0.39 is 0 Å². The summed E-state index contributed by atoms with van der Waals surface area (Å²) in [5.74, 6) is 0. The van der Waals surface area contributed by atoms with E-state index >= 15 is 0 Å². The third-order valence-electron chi connectivity index (χ3n) is 2.71. The number of hydrogen-bond acceptors (Lipinski definition) is 1. The number of aryl methyl sites for hydroxylation is 1. The van der Waals surface area contributed by atoms with E-state index in [1.807, 2.05) is 31.2 Å². The second-order valence-corrected chi connectivity index (χ2v) is 4.26. The fraction of sp³-hybridized carbons (Fsp3) is 0.500. The summed E-state index contributed by atoms with van der Waals surface area (Å²) < 4.78 is 0. The van der Waals surface area contributed by atoms with Crippen molar-refractivity contribution in [1.82, 2.24) is 5.32 Å². The predicted octanol–water partition coefficient (Wildman–Crippen LogP) is 3.70. The number of carbonyl (C=O) groups excluding carboxylic acids is 1. The quantitative estimate of drug-likeness (QED) is 0.724. The van der Waals surface area contributed by atoms with Crippen LogP contribution >= 0.6 is 0 Å². The average molecular weight is 234 g/mol. The lowest BCUT2D eigenvalue weighted by atomic mass is 10.2. The van der Waals surface area contributed by atoms with Gasteiger partial charge >= 0.3 is 6.03 Å². The molecule has 3 heteroatoms. The van der Waals surface area contributed by atoms with Crippen molar-refractivity contribution in [2.45, 2.75) is 39.5 Å². The first-order valence-electron chi connectivity index (χ1n) is 6.34. The van der Waals surface area contributed by atoms with Crippen LogP contribution in [0.15, 0.2) is 24.3 Å². The van der Waals surface area contributed by atoms with Crippen LogP contribution in [-0.4, -0.2) is 12.6 Å². The molecule has 0 aliphatic rings. The van der Waals surface area contributed by atoms with Gasteiger partial charge in [-0.25, -0.2) is 4.79 Å². The minimum Gasteiger partial charge on any atom is -0.338 e. The summed E-state index contributed by atoms with van der Waals surface area (Å²) in [6.45, 7) is 4.91. The monoisotopic (exact) mass is 234 g/mol. The number of carbonyl (C=O) groups is 1. The van der Waals surface area contributed by atoms with Gasteiger partial charge in [-0.2, -0.15) is 0 Å². The van der Waals surface area contributed by atoms with Crippen LogP contribution in [0.1, 0.15) is 38.2 Å². The molecular formula is C14H22N2O. The molecule has 17 heavy (non-hydrogen) atoms. The Labute approximate surface area is 104 Å². The highest BCUT2D eigenvalue weighted by atomic mass is 16.2. The average Bonchev–Trinajstić information content (AvgIpc) is 2.32. The molecule has 1 aromatic carbocycles. The van der Waals surface area contributed by atoms with Gasteiger partial charge in [0, 0.05) is 12.2 Å². The smallest absolute Gasteiger partial charge is 0.319 e. The highest BCUT2D eigenvalue weighted by Gasteiger charge is 2.02. The molecule has 0 saturated heterocycles. The van der Waals surface area contributed by atoms with Crippen molar-refractivity contribution in [2.75, 3.05) is 11.9 Å². The molecule has 2 amide bonds. The van der Waals surface area contributed by atoms with Crippen molar-refractivity contribution in [2.24, 2.45) is 0 Å². The molecule has 0 unspecified atom stereocenters.